The molecule has 2 unspecified atom stereocenters. The molecular formula is C17H20N6O2S. The molecular weight excluding hydrogens is 352 g/mol. The summed E-state index contributed by atoms with van der Waals surface area (Å²) in [6.45, 7) is 5.32. The summed E-state index contributed by atoms with van der Waals surface area (Å²) in [5, 5.41) is 7.51. The lowest BCUT2D eigenvalue weighted by Gasteiger charge is -2.19. The second kappa shape index (κ2) is 7.00. The topological polar surface area (TPSA) is 84.7 Å². The number of thiazole rings is 1. The Bertz CT molecular complexity index is 923. The van der Waals surface area contributed by atoms with Crippen LogP contribution in [0.2, 0.25) is 0 Å². The van der Waals surface area contributed by atoms with Gasteiger partial charge in [0.15, 0.2) is 10.8 Å². The van der Waals surface area contributed by atoms with Crippen molar-refractivity contribution in [1.29, 1.82) is 0 Å². The Morgan fingerprint density at radius 2 is 2.35 bits per heavy atom. The Labute approximate surface area is 154 Å². The molecule has 0 bridgehead atoms. The van der Waals surface area contributed by atoms with Gasteiger partial charge >= 0.3 is 0 Å². The minimum Gasteiger partial charge on any atom is -0.473 e. The van der Waals surface area contributed by atoms with Gasteiger partial charge in [0.1, 0.15) is 6.10 Å². The maximum absolute atomic E-state index is 11.1. The molecule has 1 fully saturated rings. The zero-order valence-electron chi connectivity index (χ0n) is 14.6. The van der Waals surface area contributed by atoms with Gasteiger partial charge in [-0.05, 0) is 6.92 Å². The van der Waals surface area contributed by atoms with Gasteiger partial charge in [-0.1, -0.05) is 0 Å². The smallest absolute Gasteiger partial charge is 0.223 e. The molecule has 8 nitrogen and oxygen atoms in total. The molecule has 1 amide bonds. The molecule has 2 atom stereocenters. The molecule has 1 N–H and O–H groups in total. The average Bonchev–Trinajstić information content (AvgIpc) is 3.29. The van der Waals surface area contributed by atoms with E-state index in [0.717, 1.165) is 30.0 Å². The number of rotatable bonds is 5. The number of hydrogen-bond acceptors (Lipinski definition) is 7. The van der Waals surface area contributed by atoms with Gasteiger partial charge in [-0.15, -0.1) is 11.3 Å². The van der Waals surface area contributed by atoms with E-state index in [-0.39, 0.29) is 12.0 Å². The highest BCUT2D eigenvalue weighted by Crippen LogP contribution is 2.26. The van der Waals surface area contributed by atoms with Crippen molar-refractivity contribution < 1.29 is 9.53 Å². The van der Waals surface area contributed by atoms with Gasteiger partial charge in [0, 0.05) is 61.9 Å². The van der Waals surface area contributed by atoms with E-state index < -0.39 is 0 Å². The number of likely N-dealkylation sites (tertiary alicyclic amines) is 1. The Morgan fingerprint density at radius 1 is 1.46 bits per heavy atom. The zero-order valence-corrected chi connectivity index (χ0v) is 15.4. The monoisotopic (exact) mass is 372 g/mol. The van der Waals surface area contributed by atoms with Gasteiger partial charge in [0.05, 0.1) is 6.20 Å². The van der Waals surface area contributed by atoms with Gasteiger partial charge in [0.25, 0.3) is 0 Å². The summed E-state index contributed by atoms with van der Waals surface area (Å²) in [7, 11) is 0. The standard InChI is InChI=1S/C17H20N6O2S/c1-11-7-13(25-16-4-6-23-15(21-16)3-5-19-23)9-22(11)10-14-8-18-17(26-14)20-12(2)24/h3-6,8,11,13H,7,9-10H2,1-2H3,(H,18,20,24). The first-order chi connectivity index (χ1) is 12.6. The first-order valence-electron chi connectivity index (χ1n) is 8.50. The molecule has 0 spiro atoms. The molecule has 1 aliphatic heterocycles. The van der Waals surface area contributed by atoms with Gasteiger partial charge < -0.3 is 10.1 Å². The fourth-order valence-electron chi connectivity index (χ4n) is 3.17. The van der Waals surface area contributed by atoms with Crippen molar-refractivity contribution in [3.63, 3.8) is 0 Å². The number of carbonyl (C=O) groups is 1. The van der Waals surface area contributed by atoms with Crippen LogP contribution < -0.4 is 10.1 Å². The first kappa shape index (κ1) is 16.9. The number of amides is 1. The van der Waals surface area contributed by atoms with Crippen LogP contribution in [0.25, 0.3) is 5.65 Å². The molecule has 3 aromatic heterocycles. The summed E-state index contributed by atoms with van der Waals surface area (Å²) in [5.74, 6) is 0.527. The van der Waals surface area contributed by atoms with Crippen LogP contribution in [-0.4, -0.2) is 49.1 Å². The third-order valence-electron chi connectivity index (χ3n) is 4.38. The Kier molecular flexibility index (Phi) is 4.56. The van der Waals surface area contributed by atoms with E-state index in [1.165, 1.54) is 18.3 Å². The lowest BCUT2D eigenvalue weighted by molar-refractivity contribution is -0.114. The number of nitrogens with one attached hydrogen (secondary N) is 1. The second-order valence-electron chi connectivity index (χ2n) is 6.47. The fourth-order valence-corrected chi connectivity index (χ4v) is 4.06. The highest BCUT2D eigenvalue weighted by molar-refractivity contribution is 7.15. The number of nitrogens with zero attached hydrogens (tertiary/aromatic N) is 5. The van der Waals surface area contributed by atoms with Gasteiger partial charge in [-0.25, -0.2) is 9.50 Å². The Morgan fingerprint density at radius 3 is 3.19 bits per heavy atom. The van der Waals surface area contributed by atoms with Crippen molar-refractivity contribution in [2.75, 3.05) is 11.9 Å². The predicted molar refractivity (Wildman–Crippen MR) is 98.3 cm³/mol. The van der Waals surface area contributed by atoms with E-state index in [0.29, 0.717) is 17.1 Å². The molecule has 136 valence electrons. The molecule has 9 heteroatoms. The zero-order chi connectivity index (χ0) is 18.1. The Balaban J connectivity index is 1.37. The van der Waals surface area contributed by atoms with E-state index >= 15 is 0 Å². The van der Waals surface area contributed by atoms with Crippen LogP contribution in [0.4, 0.5) is 5.13 Å². The molecule has 1 saturated heterocycles. The number of fused-ring (bicyclic) bond motifs is 1. The van der Waals surface area contributed by atoms with Crippen LogP contribution in [0.15, 0.2) is 30.7 Å². The maximum Gasteiger partial charge on any atom is 0.223 e. The van der Waals surface area contributed by atoms with E-state index in [4.69, 9.17) is 4.74 Å². The Hall–Kier alpha value is -2.52. The highest BCUT2D eigenvalue weighted by Gasteiger charge is 2.31. The van der Waals surface area contributed by atoms with E-state index in [9.17, 15) is 4.79 Å². The van der Waals surface area contributed by atoms with Crippen LogP contribution in [0.1, 0.15) is 25.1 Å². The predicted octanol–water partition coefficient (Wildman–Crippen LogP) is 2.19. The van der Waals surface area contributed by atoms with E-state index in [1.54, 1.807) is 10.7 Å². The number of aromatic nitrogens is 4. The summed E-state index contributed by atoms with van der Waals surface area (Å²) < 4.78 is 7.80. The van der Waals surface area contributed by atoms with Crippen molar-refractivity contribution in [1.82, 2.24) is 24.5 Å². The SMILES string of the molecule is CC(=O)Nc1ncc(CN2CC(Oc3ccn4nccc4n3)CC2C)s1. The maximum atomic E-state index is 11.1. The fraction of sp³-hybridized carbons (Fsp3) is 0.412. The van der Waals surface area contributed by atoms with Crippen molar-refractivity contribution in [3.05, 3.63) is 35.6 Å². The summed E-state index contributed by atoms with van der Waals surface area (Å²) >= 11 is 1.51. The van der Waals surface area contributed by atoms with Gasteiger partial charge in [-0.3, -0.25) is 9.69 Å². The van der Waals surface area contributed by atoms with Crippen LogP contribution in [0, 0.1) is 0 Å². The quantitative estimate of drug-likeness (QED) is 0.739. The van der Waals surface area contributed by atoms with Crippen LogP contribution in [0.3, 0.4) is 0 Å². The van der Waals surface area contributed by atoms with Crippen molar-refractivity contribution in [2.45, 2.75) is 39.0 Å². The summed E-state index contributed by atoms with van der Waals surface area (Å²) in [4.78, 5) is 23.3. The first-order valence-corrected chi connectivity index (χ1v) is 9.32. The van der Waals surface area contributed by atoms with Gasteiger partial charge in [0.2, 0.25) is 11.8 Å². The normalized spacial score (nSPS) is 20.5. The number of carbonyl (C=O) groups excluding carboxylic acids is 1. The third-order valence-corrected chi connectivity index (χ3v) is 5.28. The van der Waals surface area contributed by atoms with E-state index in [1.807, 2.05) is 24.5 Å². The molecule has 3 aromatic rings. The lowest BCUT2D eigenvalue weighted by atomic mass is 10.2. The summed E-state index contributed by atoms with van der Waals surface area (Å²) in [6, 6.07) is 4.10. The molecule has 1 aliphatic rings. The van der Waals surface area contributed by atoms with Crippen LogP contribution >= 0.6 is 11.3 Å². The highest BCUT2D eigenvalue weighted by atomic mass is 32.1. The van der Waals surface area contributed by atoms with Crippen molar-refractivity contribution >= 4 is 28.0 Å². The number of anilines is 1. The molecule has 4 rings (SSSR count). The number of ether oxygens (including phenoxy) is 1. The molecule has 0 aliphatic carbocycles. The largest absolute Gasteiger partial charge is 0.473 e. The molecule has 0 radical (unpaired) electrons. The molecule has 0 saturated carbocycles. The third kappa shape index (κ3) is 3.68. The van der Waals surface area contributed by atoms with Crippen molar-refractivity contribution in [2.24, 2.45) is 0 Å². The second-order valence-corrected chi connectivity index (χ2v) is 7.58. The minimum absolute atomic E-state index is 0.100. The van der Waals surface area contributed by atoms with Gasteiger partial charge in [-0.2, -0.15) is 10.1 Å². The summed E-state index contributed by atoms with van der Waals surface area (Å²) in [5.41, 5.74) is 0.778. The van der Waals surface area contributed by atoms with Crippen LogP contribution in [0.5, 0.6) is 5.88 Å². The molecule has 0 aromatic carbocycles. The number of hydrogen-bond donors (Lipinski definition) is 1. The summed E-state index contributed by atoms with van der Waals surface area (Å²) in [6.07, 6.45) is 6.45. The van der Waals surface area contributed by atoms with Crippen LogP contribution in [-0.2, 0) is 11.3 Å². The molecule has 26 heavy (non-hydrogen) atoms. The van der Waals surface area contributed by atoms with E-state index in [2.05, 4.69) is 32.2 Å². The van der Waals surface area contributed by atoms with Crippen molar-refractivity contribution in [3.8, 4) is 5.88 Å². The minimum atomic E-state index is -0.100. The molecule has 4 heterocycles. The average molecular weight is 372 g/mol. The lowest BCUT2D eigenvalue weighted by Crippen LogP contribution is -2.27.